The van der Waals surface area contributed by atoms with E-state index in [1.54, 1.807) is 0 Å². The number of nitrogens with zero attached hydrogens (tertiary/aromatic N) is 1. The van der Waals surface area contributed by atoms with Gasteiger partial charge in [-0.2, -0.15) is 0 Å². The second-order valence-electron chi connectivity index (χ2n) is 4.89. The third-order valence-corrected chi connectivity index (χ3v) is 3.76. The molecule has 4 nitrogen and oxygen atoms in total. The normalized spacial score (nSPS) is 36.1. The van der Waals surface area contributed by atoms with Gasteiger partial charge < -0.3 is 5.32 Å². The maximum absolute atomic E-state index is 12.1. The first-order valence-corrected chi connectivity index (χ1v) is 5.91. The van der Waals surface area contributed by atoms with Gasteiger partial charge >= 0.3 is 6.03 Å². The fraction of sp³-hybridized carbons (Fsp3) is 0.818. The van der Waals surface area contributed by atoms with Gasteiger partial charge in [-0.15, -0.1) is 0 Å². The number of amides is 3. The van der Waals surface area contributed by atoms with Crippen LogP contribution >= 0.6 is 0 Å². The van der Waals surface area contributed by atoms with E-state index in [-0.39, 0.29) is 29.9 Å². The smallest absolute Gasteiger partial charge is 0.324 e. The van der Waals surface area contributed by atoms with Crippen molar-refractivity contribution < 1.29 is 9.59 Å². The molecule has 2 aliphatic carbocycles. The van der Waals surface area contributed by atoms with E-state index >= 15 is 0 Å². The first-order valence-electron chi connectivity index (χ1n) is 5.91. The molecule has 0 spiro atoms. The Morgan fingerprint density at radius 2 is 1.80 bits per heavy atom. The molecule has 3 fully saturated rings. The lowest BCUT2D eigenvalue weighted by molar-refractivity contribution is -0.136. The predicted octanol–water partition coefficient (Wildman–Crippen LogP) is 1.26. The second-order valence-corrected chi connectivity index (χ2v) is 4.89. The molecule has 2 saturated carbocycles. The SMILES string of the molecule is O=C1NC2CCCCC2C(=O)N1C1CC1. The zero-order valence-electron chi connectivity index (χ0n) is 8.74. The van der Waals surface area contributed by atoms with Gasteiger partial charge in [0.15, 0.2) is 0 Å². The molecule has 0 aromatic rings. The number of carbonyl (C=O) groups is 2. The lowest BCUT2D eigenvalue weighted by atomic mass is 9.82. The van der Waals surface area contributed by atoms with Gasteiger partial charge in [0.05, 0.1) is 5.92 Å². The Morgan fingerprint density at radius 1 is 1.07 bits per heavy atom. The van der Waals surface area contributed by atoms with E-state index in [2.05, 4.69) is 5.32 Å². The standard InChI is InChI=1S/C11H16N2O2/c14-10-8-3-1-2-4-9(8)12-11(15)13(10)7-5-6-7/h7-9H,1-6H2,(H,12,15). The Bertz CT molecular complexity index is 312. The van der Waals surface area contributed by atoms with Gasteiger partial charge in [0, 0.05) is 12.1 Å². The highest BCUT2D eigenvalue weighted by Gasteiger charge is 2.47. The van der Waals surface area contributed by atoms with E-state index in [0.29, 0.717) is 0 Å². The van der Waals surface area contributed by atoms with Crippen molar-refractivity contribution in [3.05, 3.63) is 0 Å². The molecule has 1 saturated heterocycles. The highest BCUT2D eigenvalue weighted by atomic mass is 16.2. The van der Waals surface area contributed by atoms with Crippen molar-refractivity contribution >= 4 is 11.9 Å². The minimum absolute atomic E-state index is 0.0667. The molecule has 4 heteroatoms. The number of rotatable bonds is 1. The molecule has 0 aromatic carbocycles. The van der Waals surface area contributed by atoms with E-state index in [0.717, 1.165) is 38.5 Å². The van der Waals surface area contributed by atoms with Crippen molar-refractivity contribution in [1.82, 2.24) is 10.2 Å². The molecular formula is C11H16N2O2. The van der Waals surface area contributed by atoms with Crippen LogP contribution in [0.4, 0.5) is 4.79 Å². The summed E-state index contributed by atoms with van der Waals surface area (Å²) in [6.45, 7) is 0. The third kappa shape index (κ3) is 1.43. The van der Waals surface area contributed by atoms with E-state index < -0.39 is 0 Å². The molecule has 0 radical (unpaired) electrons. The molecule has 2 unspecified atom stereocenters. The van der Waals surface area contributed by atoms with Crippen LogP contribution in [0.5, 0.6) is 0 Å². The van der Waals surface area contributed by atoms with Crippen LogP contribution < -0.4 is 5.32 Å². The van der Waals surface area contributed by atoms with Gasteiger partial charge in [0.1, 0.15) is 0 Å². The lowest BCUT2D eigenvalue weighted by Gasteiger charge is -2.40. The van der Waals surface area contributed by atoms with Crippen molar-refractivity contribution in [3.63, 3.8) is 0 Å². The van der Waals surface area contributed by atoms with E-state index in [1.807, 2.05) is 0 Å². The average molecular weight is 208 g/mol. The van der Waals surface area contributed by atoms with Crippen LogP contribution in [0.2, 0.25) is 0 Å². The van der Waals surface area contributed by atoms with Gasteiger partial charge in [-0.25, -0.2) is 4.79 Å². The molecule has 0 bridgehead atoms. The summed E-state index contributed by atoms with van der Waals surface area (Å²) in [5.74, 6) is 0.156. The molecule has 15 heavy (non-hydrogen) atoms. The number of fused-ring (bicyclic) bond motifs is 1. The van der Waals surface area contributed by atoms with Crippen molar-refractivity contribution in [2.75, 3.05) is 0 Å². The highest BCUT2D eigenvalue weighted by Crippen LogP contribution is 2.35. The van der Waals surface area contributed by atoms with Crippen molar-refractivity contribution in [3.8, 4) is 0 Å². The summed E-state index contributed by atoms with van der Waals surface area (Å²) in [6.07, 6.45) is 6.18. The van der Waals surface area contributed by atoms with Crippen LogP contribution in [-0.4, -0.2) is 28.9 Å². The number of hydrogen-bond acceptors (Lipinski definition) is 2. The van der Waals surface area contributed by atoms with Crippen molar-refractivity contribution in [2.45, 2.75) is 50.6 Å². The van der Waals surface area contributed by atoms with Gasteiger partial charge in [0.2, 0.25) is 5.91 Å². The Morgan fingerprint density at radius 3 is 2.53 bits per heavy atom. The first kappa shape index (κ1) is 9.19. The first-order chi connectivity index (χ1) is 7.27. The summed E-state index contributed by atoms with van der Waals surface area (Å²) >= 11 is 0. The van der Waals surface area contributed by atoms with Gasteiger partial charge in [-0.3, -0.25) is 9.69 Å². The second kappa shape index (κ2) is 3.22. The average Bonchev–Trinajstić information content (AvgIpc) is 3.02. The maximum Gasteiger partial charge on any atom is 0.324 e. The van der Waals surface area contributed by atoms with Crippen LogP contribution in [0.3, 0.4) is 0 Å². The molecule has 0 aromatic heterocycles. The minimum atomic E-state index is -0.148. The van der Waals surface area contributed by atoms with Gasteiger partial charge in [0.25, 0.3) is 0 Å². The monoisotopic (exact) mass is 208 g/mol. The van der Waals surface area contributed by atoms with Crippen LogP contribution in [0, 0.1) is 5.92 Å². The Balaban J connectivity index is 1.82. The fourth-order valence-electron chi connectivity index (χ4n) is 2.78. The quantitative estimate of drug-likeness (QED) is 0.705. The summed E-state index contributed by atoms with van der Waals surface area (Å²) in [5, 5.41) is 2.99. The van der Waals surface area contributed by atoms with Crippen LogP contribution in [0.25, 0.3) is 0 Å². The largest absolute Gasteiger partial charge is 0.334 e. The summed E-state index contributed by atoms with van der Waals surface area (Å²) in [5.41, 5.74) is 0. The van der Waals surface area contributed by atoms with Gasteiger partial charge in [-0.1, -0.05) is 12.8 Å². The topological polar surface area (TPSA) is 49.4 Å². The molecular weight excluding hydrogens is 192 g/mol. The molecule has 3 rings (SSSR count). The zero-order valence-corrected chi connectivity index (χ0v) is 8.74. The lowest BCUT2D eigenvalue weighted by Crippen LogP contribution is -2.61. The molecule has 1 N–H and O–H groups in total. The number of nitrogens with one attached hydrogen (secondary N) is 1. The Kier molecular flexibility index (Phi) is 1.97. The molecule has 3 aliphatic rings. The molecule has 2 atom stereocenters. The highest BCUT2D eigenvalue weighted by molar-refractivity contribution is 5.99. The number of imide groups is 1. The number of urea groups is 1. The number of carbonyl (C=O) groups excluding carboxylic acids is 2. The van der Waals surface area contributed by atoms with Crippen molar-refractivity contribution in [2.24, 2.45) is 5.92 Å². The summed E-state index contributed by atoms with van der Waals surface area (Å²) in [6, 6.07) is 0.180. The zero-order chi connectivity index (χ0) is 10.4. The number of hydrogen-bond donors (Lipinski definition) is 1. The molecule has 1 aliphatic heterocycles. The maximum atomic E-state index is 12.1. The van der Waals surface area contributed by atoms with E-state index in [9.17, 15) is 9.59 Å². The fourth-order valence-corrected chi connectivity index (χ4v) is 2.78. The molecule has 3 amide bonds. The predicted molar refractivity (Wildman–Crippen MR) is 54.1 cm³/mol. The summed E-state index contributed by atoms with van der Waals surface area (Å²) < 4.78 is 0. The summed E-state index contributed by atoms with van der Waals surface area (Å²) in [7, 11) is 0. The van der Waals surface area contributed by atoms with Crippen LogP contribution in [0.1, 0.15) is 38.5 Å². The van der Waals surface area contributed by atoms with E-state index in [4.69, 9.17) is 0 Å². The van der Waals surface area contributed by atoms with Crippen LogP contribution in [0.15, 0.2) is 0 Å². The minimum Gasteiger partial charge on any atom is -0.334 e. The summed E-state index contributed by atoms with van der Waals surface area (Å²) in [4.78, 5) is 25.3. The van der Waals surface area contributed by atoms with Crippen LogP contribution in [-0.2, 0) is 4.79 Å². The third-order valence-electron chi connectivity index (χ3n) is 3.76. The Labute approximate surface area is 89.0 Å². The van der Waals surface area contributed by atoms with Crippen molar-refractivity contribution in [1.29, 1.82) is 0 Å². The Hall–Kier alpha value is -1.06. The van der Waals surface area contributed by atoms with Gasteiger partial charge in [-0.05, 0) is 25.7 Å². The van der Waals surface area contributed by atoms with E-state index in [1.165, 1.54) is 4.90 Å². The molecule has 1 heterocycles. The molecule has 82 valence electrons.